The molecule has 0 aliphatic carbocycles. The van der Waals surface area contributed by atoms with Gasteiger partial charge in [-0.3, -0.25) is 4.79 Å². The van der Waals surface area contributed by atoms with Gasteiger partial charge in [0.15, 0.2) is 18.2 Å². The molecule has 0 aromatic carbocycles. The molecule has 0 spiro atoms. The smallest absolute Gasteiger partial charge is 0.206 e. The Balaban J connectivity index is 0.000000494. The molecule has 0 unspecified atom stereocenters. The van der Waals surface area contributed by atoms with Crippen molar-refractivity contribution in [2.24, 2.45) is 0 Å². The summed E-state index contributed by atoms with van der Waals surface area (Å²) >= 11 is 0. The van der Waals surface area contributed by atoms with E-state index in [4.69, 9.17) is 18.6 Å². The van der Waals surface area contributed by atoms with Crippen LogP contribution in [0.3, 0.4) is 0 Å². The first kappa shape index (κ1) is 16.8. The molecule has 0 atom stereocenters. The van der Waals surface area contributed by atoms with Gasteiger partial charge in [-0.05, 0) is 0 Å². The molecule has 1 aromatic rings. The van der Waals surface area contributed by atoms with E-state index in [1.54, 1.807) is 6.92 Å². The molecule has 0 radical (unpaired) electrons. The van der Waals surface area contributed by atoms with E-state index in [0.29, 0.717) is 6.54 Å². The third kappa shape index (κ3) is 9.94. The zero-order valence-corrected chi connectivity index (χ0v) is 11.1. The maximum absolute atomic E-state index is 10.8. The third-order valence-corrected chi connectivity index (χ3v) is 1.80. The normalized spacial score (nSPS) is 10.4. The Kier molecular flexibility index (Phi) is 6.74. The predicted octanol–water partition coefficient (Wildman–Crippen LogP) is -4.13. The number of carbonyl (C=O) groups excluding carboxylic acids is 1. The van der Waals surface area contributed by atoms with Crippen LogP contribution >= 0.6 is 0 Å². The molecule has 0 saturated heterocycles. The summed E-state index contributed by atoms with van der Waals surface area (Å²) in [5.74, 6) is 0.169. The van der Waals surface area contributed by atoms with Crippen LogP contribution in [0.1, 0.15) is 6.92 Å². The molecule has 0 N–H and O–H groups in total. The number of Topliss-reactive ketones (excluding diaryl/α,β-unsaturated/α-hetero) is 1. The molecule has 0 amide bonds. The molecule has 0 aliphatic heterocycles. The van der Waals surface area contributed by atoms with Crippen LogP contribution in [0, 0.1) is 10.2 Å². The highest BCUT2D eigenvalue weighted by atomic mass is 35.7. The maximum atomic E-state index is 10.8. The van der Waals surface area contributed by atoms with Crippen molar-refractivity contribution in [3.8, 4) is 0 Å². The summed E-state index contributed by atoms with van der Waals surface area (Å²) in [6, 6.07) is 3.98. The quantitative estimate of drug-likeness (QED) is 0.519. The Morgan fingerprint density at radius 2 is 1.61 bits per heavy atom. The lowest BCUT2D eigenvalue weighted by atomic mass is 10.3. The Hall–Kier alpha value is -1.25. The monoisotopic (exact) mass is 278 g/mol. The Bertz CT molecular complexity index is 369. The highest BCUT2D eigenvalue weighted by molar-refractivity contribution is 5.73. The fourth-order valence-corrected chi connectivity index (χ4v) is 1.11. The van der Waals surface area contributed by atoms with Crippen LogP contribution in [0.25, 0.3) is 0 Å². The van der Waals surface area contributed by atoms with Crippen LogP contribution in [0.15, 0.2) is 24.5 Å². The van der Waals surface area contributed by atoms with Crippen LogP contribution in [0.4, 0.5) is 5.69 Å². The van der Waals surface area contributed by atoms with E-state index in [9.17, 15) is 4.79 Å². The van der Waals surface area contributed by atoms with E-state index >= 15 is 0 Å². The Labute approximate surface area is 107 Å². The number of hydrogen-bond donors (Lipinski definition) is 0. The fourth-order valence-electron chi connectivity index (χ4n) is 1.11. The molecule has 0 fully saturated rings. The minimum atomic E-state index is -4.94. The zero-order chi connectivity index (χ0) is 14.3. The highest BCUT2D eigenvalue weighted by Gasteiger charge is 2.04. The molecule has 18 heavy (non-hydrogen) atoms. The molecule has 0 aliphatic rings. The van der Waals surface area contributed by atoms with E-state index in [-0.39, 0.29) is 5.78 Å². The molecule has 8 heteroatoms. The van der Waals surface area contributed by atoms with Crippen LogP contribution in [0.5, 0.6) is 0 Å². The van der Waals surface area contributed by atoms with Gasteiger partial charge in [0.2, 0.25) is 6.54 Å². The van der Waals surface area contributed by atoms with Gasteiger partial charge in [-0.15, -0.1) is 10.2 Å². The van der Waals surface area contributed by atoms with Crippen molar-refractivity contribution in [2.45, 2.75) is 13.5 Å². The van der Waals surface area contributed by atoms with Crippen LogP contribution in [-0.4, -0.2) is 19.9 Å². The standard InChI is InChI=1S/C10H15N2O.ClHO4/c1-9(13)8-12-6-4-10(5-7-12)11(2)3;2-1(3,4)5/h4-7H,8H2,1-3H3;(H,2,3,4,5)/q+1;/p-1. The topological polar surface area (TPSA) is 116 Å². The average molecular weight is 279 g/mol. The maximum Gasteiger partial charge on any atom is 0.206 e. The summed E-state index contributed by atoms with van der Waals surface area (Å²) < 4.78 is 35.8. The summed E-state index contributed by atoms with van der Waals surface area (Å²) in [6.45, 7) is 2.04. The van der Waals surface area contributed by atoms with E-state index in [2.05, 4.69) is 0 Å². The SMILES string of the molecule is CC(=O)C[n+]1ccc(N(C)C)cc1.[O-][Cl+3]([O-])([O-])[O-]. The van der Waals surface area contributed by atoms with Crippen molar-refractivity contribution < 1.29 is 38.2 Å². The van der Waals surface area contributed by atoms with Gasteiger partial charge in [0.05, 0.1) is 0 Å². The van der Waals surface area contributed by atoms with Gasteiger partial charge in [0.25, 0.3) is 0 Å². The zero-order valence-electron chi connectivity index (χ0n) is 10.3. The minimum Gasteiger partial charge on any atom is -0.377 e. The minimum absolute atomic E-state index is 0.169. The molecule has 1 heterocycles. The first-order valence-corrected chi connectivity index (χ1v) is 6.10. The number of carbonyl (C=O) groups is 1. The molecule has 102 valence electrons. The van der Waals surface area contributed by atoms with Crippen molar-refractivity contribution in [3.05, 3.63) is 24.5 Å². The number of hydrogen-bond acceptors (Lipinski definition) is 6. The molecule has 0 bridgehead atoms. The second-order valence-electron chi connectivity index (χ2n) is 3.70. The summed E-state index contributed by atoms with van der Waals surface area (Å²) in [5.41, 5.74) is 1.14. The lowest BCUT2D eigenvalue weighted by Gasteiger charge is -2.17. The highest BCUT2D eigenvalue weighted by Crippen LogP contribution is 2.05. The van der Waals surface area contributed by atoms with Gasteiger partial charge in [0, 0.05) is 38.8 Å². The van der Waals surface area contributed by atoms with Gasteiger partial charge < -0.3 is 4.90 Å². The van der Waals surface area contributed by atoms with Crippen LogP contribution in [0.2, 0.25) is 0 Å². The van der Waals surface area contributed by atoms with Gasteiger partial charge in [-0.2, -0.15) is 4.57 Å². The molecular weight excluding hydrogens is 264 g/mol. The molecule has 0 saturated carbocycles. The van der Waals surface area contributed by atoms with Crippen LogP contribution in [-0.2, 0) is 11.3 Å². The number of pyridine rings is 1. The van der Waals surface area contributed by atoms with Crippen molar-refractivity contribution >= 4 is 11.5 Å². The Morgan fingerprint density at radius 1 is 1.22 bits per heavy atom. The molecule has 7 nitrogen and oxygen atoms in total. The number of nitrogens with zero attached hydrogens (tertiary/aromatic N) is 2. The summed E-state index contributed by atoms with van der Waals surface area (Å²) in [6.07, 6.45) is 3.83. The average Bonchev–Trinajstić information content (AvgIpc) is 2.14. The predicted molar refractivity (Wildman–Crippen MR) is 51.6 cm³/mol. The second-order valence-corrected chi connectivity index (χ2v) is 4.46. The third-order valence-electron chi connectivity index (χ3n) is 1.80. The van der Waals surface area contributed by atoms with Gasteiger partial charge >= 0.3 is 0 Å². The molecule has 1 aromatic heterocycles. The number of rotatable bonds is 3. The van der Waals surface area contributed by atoms with Crippen molar-refractivity contribution in [3.63, 3.8) is 0 Å². The number of anilines is 1. The van der Waals surface area contributed by atoms with E-state index in [1.165, 1.54) is 0 Å². The fraction of sp³-hybridized carbons (Fsp3) is 0.400. The summed E-state index contributed by atoms with van der Waals surface area (Å²) in [5, 5.41) is 0. The van der Waals surface area contributed by atoms with E-state index in [1.807, 2.05) is 48.1 Å². The van der Waals surface area contributed by atoms with Crippen molar-refractivity contribution in [1.82, 2.24) is 0 Å². The first-order chi connectivity index (χ1) is 8.09. The number of halogens is 1. The first-order valence-electron chi connectivity index (χ1n) is 4.87. The molecule has 1 rings (SSSR count). The van der Waals surface area contributed by atoms with Crippen molar-refractivity contribution in [2.75, 3.05) is 19.0 Å². The van der Waals surface area contributed by atoms with E-state index in [0.717, 1.165) is 5.69 Å². The molecular formula is C10H15ClN2O5. The summed E-state index contributed by atoms with van der Waals surface area (Å²) in [7, 11) is -0.963. The lowest BCUT2D eigenvalue weighted by Crippen LogP contribution is -2.68. The van der Waals surface area contributed by atoms with Gasteiger partial charge in [-0.25, -0.2) is 18.6 Å². The lowest BCUT2D eigenvalue weighted by molar-refractivity contribution is -2.00. The van der Waals surface area contributed by atoms with Crippen molar-refractivity contribution in [1.29, 1.82) is 0 Å². The van der Waals surface area contributed by atoms with Crippen LogP contribution < -0.4 is 28.1 Å². The van der Waals surface area contributed by atoms with E-state index < -0.39 is 10.2 Å². The largest absolute Gasteiger partial charge is 0.377 e. The summed E-state index contributed by atoms with van der Waals surface area (Å²) in [4.78, 5) is 12.8. The van der Waals surface area contributed by atoms with Gasteiger partial charge in [0.1, 0.15) is 0 Å². The Morgan fingerprint density at radius 3 is 1.89 bits per heavy atom. The number of ketones is 1. The van der Waals surface area contributed by atoms with Gasteiger partial charge in [-0.1, -0.05) is 0 Å². The number of aromatic nitrogens is 1. The second kappa shape index (κ2) is 7.24.